The van der Waals surface area contributed by atoms with E-state index in [2.05, 4.69) is 30.6 Å². The van der Waals surface area contributed by atoms with Gasteiger partial charge in [0.25, 0.3) is 5.91 Å². The Kier molecular flexibility index (Phi) is 7.10. The molecule has 6 rings (SSSR count). The van der Waals surface area contributed by atoms with Crippen molar-refractivity contribution in [2.75, 3.05) is 32.4 Å². The van der Waals surface area contributed by atoms with E-state index in [4.69, 9.17) is 0 Å². The van der Waals surface area contributed by atoms with E-state index in [0.29, 0.717) is 45.1 Å². The van der Waals surface area contributed by atoms with Gasteiger partial charge in [-0.25, -0.2) is 0 Å². The number of carbonyl (C=O) groups excluding carboxylic acids is 1. The minimum absolute atomic E-state index is 0.000756. The number of thiophene rings is 1. The summed E-state index contributed by atoms with van der Waals surface area (Å²) >= 11 is 1.88. The molecular weight excluding hydrogens is 615 g/mol. The first kappa shape index (κ1) is 25.3. The molecule has 0 bridgehead atoms. The Morgan fingerprint density at radius 2 is 1.97 bits per heavy atom. The molecule has 0 saturated carbocycles. The van der Waals surface area contributed by atoms with Crippen LogP contribution in [0.3, 0.4) is 0 Å². The zero-order valence-electron chi connectivity index (χ0n) is 21.4. The van der Waals surface area contributed by atoms with Gasteiger partial charge < -0.3 is 5.32 Å². The second-order valence-corrected chi connectivity index (χ2v) is 13.3. The topological polar surface area (TPSA) is 100 Å². The van der Waals surface area contributed by atoms with Crippen LogP contribution in [0.2, 0.25) is 0 Å². The first-order chi connectivity index (χ1) is 18.4. The van der Waals surface area contributed by atoms with E-state index >= 15 is 0 Å². The number of aryl methyl sites for hydroxylation is 2. The molecule has 2 N–H and O–H groups in total. The van der Waals surface area contributed by atoms with Gasteiger partial charge in [0.15, 0.2) is 0 Å². The zero-order valence-corrected chi connectivity index (χ0v) is 24.3. The number of aromatic nitrogens is 4. The molecule has 4 aromatic rings. The quantitative estimate of drug-likeness (QED) is 0.162. The Hall–Kier alpha value is -2.97. The van der Waals surface area contributed by atoms with Crippen molar-refractivity contribution in [1.82, 2.24) is 29.8 Å². The molecule has 200 valence electrons. The van der Waals surface area contributed by atoms with Crippen LogP contribution in [0, 0.1) is 0 Å². The average Bonchev–Trinajstić information content (AvgIpc) is 3.47. The summed E-state index contributed by atoms with van der Waals surface area (Å²) in [7, 11) is 3.60. The van der Waals surface area contributed by atoms with Crippen LogP contribution in [-0.2, 0) is 20.6 Å². The first-order valence-electron chi connectivity index (χ1n) is 12.6. The fraction of sp³-hybridized carbons (Fsp3) is 0.385. The summed E-state index contributed by atoms with van der Waals surface area (Å²) in [5.74, 6) is 1.31. The number of amides is 1. The van der Waals surface area contributed by atoms with E-state index in [0.717, 1.165) is 46.6 Å². The van der Waals surface area contributed by atoms with E-state index in [1.54, 1.807) is 13.1 Å². The standard InChI is InChI=1S/C26H30IN8O2S/c1-32-19(14-34-15-27-16-34)11-23(30-32)29-20-12-24(31-33(2)26(20)37)35-9-5-7-18(13-35)28-25(36)22-10-17-6-3-4-8-21(17)38-22/h3-4,6,8,10-12,18H,5,7,9,13-16H2,1-2H3,(H,28,36)(H,29,30)/q-1/t18-/m1/s1. The summed E-state index contributed by atoms with van der Waals surface area (Å²) in [4.78, 5) is 31.2. The third kappa shape index (κ3) is 5.29. The average molecular weight is 646 g/mol. The predicted molar refractivity (Wildman–Crippen MR) is 146 cm³/mol. The van der Waals surface area contributed by atoms with Gasteiger partial charge in [-0.3, -0.25) is 4.79 Å². The normalized spacial score (nSPS) is 18.2. The number of nitrogens with zero attached hydrogens (tertiary/aromatic N) is 6. The molecule has 2 aliphatic rings. The summed E-state index contributed by atoms with van der Waals surface area (Å²) in [5, 5.41) is 16.6. The number of halogens is 1. The number of fused-ring (bicyclic) bond motifs is 1. The summed E-state index contributed by atoms with van der Waals surface area (Å²) in [6.07, 6.45) is 1.83. The molecule has 2 saturated heterocycles. The molecular formula is C26H30IN8O2S-. The van der Waals surface area contributed by atoms with Crippen LogP contribution in [0.5, 0.6) is 0 Å². The van der Waals surface area contributed by atoms with Crippen molar-refractivity contribution in [3.05, 3.63) is 63.4 Å². The Morgan fingerprint density at radius 1 is 1.13 bits per heavy atom. The van der Waals surface area contributed by atoms with E-state index in [-0.39, 0.29) is 17.5 Å². The molecule has 5 heterocycles. The van der Waals surface area contributed by atoms with Crippen LogP contribution in [0.15, 0.2) is 47.3 Å². The van der Waals surface area contributed by atoms with Gasteiger partial charge in [0, 0.05) is 10.7 Å². The fourth-order valence-electron chi connectivity index (χ4n) is 4.86. The Balaban J connectivity index is 1.16. The molecule has 0 unspecified atom stereocenters. The Bertz CT molecular complexity index is 1510. The van der Waals surface area contributed by atoms with Crippen LogP contribution in [-0.4, -0.2) is 58.6 Å². The molecule has 10 nitrogen and oxygen atoms in total. The number of rotatable bonds is 7. The van der Waals surface area contributed by atoms with Gasteiger partial charge in [-0.05, 0) is 30.4 Å². The molecule has 2 fully saturated rings. The third-order valence-electron chi connectivity index (χ3n) is 6.91. The third-order valence-corrected chi connectivity index (χ3v) is 10.9. The van der Waals surface area contributed by atoms with Crippen molar-refractivity contribution in [2.45, 2.75) is 25.4 Å². The van der Waals surface area contributed by atoms with Crippen LogP contribution in [0.4, 0.5) is 17.3 Å². The first-order valence-corrected chi connectivity index (χ1v) is 16.5. The second-order valence-electron chi connectivity index (χ2n) is 9.78. The molecule has 0 aliphatic carbocycles. The van der Waals surface area contributed by atoms with Gasteiger partial charge >= 0.3 is 144 Å². The summed E-state index contributed by atoms with van der Waals surface area (Å²) in [6, 6.07) is 13.8. The fourth-order valence-corrected chi connectivity index (χ4v) is 7.47. The molecule has 1 atom stereocenters. The number of alkyl halides is 2. The molecule has 38 heavy (non-hydrogen) atoms. The van der Waals surface area contributed by atoms with E-state index in [9.17, 15) is 9.59 Å². The molecule has 3 aromatic heterocycles. The predicted octanol–water partition coefficient (Wildman–Crippen LogP) is -0.309. The van der Waals surface area contributed by atoms with Crippen molar-refractivity contribution in [2.24, 2.45) is 14.1 Å². The summed E-state index contributed by atoms with van der Waals surface area (Å²) in [5.41, 5.74) is 1.35. The van der Waals surface area contributed by atoms with Gasteiger partial charge in [0.2, 0.25) is 0 Å². The van der Waals surface area contributed by atoms with Gasteiger partial charge in [-0.1, -0.05) is 18.2 Å². The second kappa shape index (κ2) is 10.7. The van der Waals surface area contributed by atoms with Gasteiger partial charge in [0.05, 0.1) is 4.88 Å². The van der Waals surface area contributed by atoms with Crippen molar-refractivity contribution in [3.63, 3.8) is 0 Å². The SMILES string of the molecule is Cn1nc(Nc2cc(N3CCC[C@@H](NC(=O)c4cc5ccccc5s4)C3)nn(C)c2=O)cc1CN1C[I-]C1. The molecule has 2 aliphatic heterocycles. The zero-order chi connectivity index (χ0) is 26.2. The van der Waals surface area contributed by atoms with Crippen LogP contribution < -0.4 is 42.3 Å². The summed E-state index contributed by atoms with van der Waals surface area (Å²) < 4.78 is 6.80. The number of piperidine rings is 1. The van der Waals surface area contributed by atoms with Gasteiger partial charge in [-0.15, -0.1) is 11.3 Å². The molecule has 1 amide bonds. The van der Waals surface area contributed by atoms with Crippen molar-refractivity contribution >= 4 is 44.7 Å². The van der Waals surface area contributed by atoms with Crippen molar-refractivity contribution < 1.29 is 26.0 Å². The monoisotopic (exact) mass is 645 g/mol. The van der Waals surface area contributed by atoms with Crippen molar-refractivity contribution in [3.8, 4) is 0 Å². The molecule has 0 radical (unpaired) electrons. The molecule has 12 heteroatoms. The van der Waals surface area contributed by atoms with Crippen LogP contribution in [0.25, 0.3) is 10.1 Å². The molecule has 1 aromatic carbocycles. The minimum atomic E-state index is -0.208. The van der Waals surface area contributed by atoms with Crippen LogP contribution in [0.1, 0.15) is 28.2 Å². The maximum atomic E-state index is 13.0. The van der Waals surface area contributed by atoms with Gasteiger partial charge in [0.1, 0.15) is 0 Å². The van der Waals surface area contributed by atoms with E-state index in [1.165, 1.54) is 25.1 Å². The van der Waals surface area contributed by atoms with Gasteiger partial charge in [-0.2, -0.15) is 0 Å². The maximum absolute atomic E-state index is 13.0. The number of hydrogen-bond acceptors (Lipinski definition) is 8. The Labute approximate surface area is 234 Å². The van der Waals surface area contributed by atoms with E-state index in [1.807, 2.05) is 48.1 Å². The summed E-state index contributed by atoms with van der Waals surface area (Å²) in [6.45, 7) is 2.33. The number of nitrogens with one attached hydrogen (secondary N) is 2. The van der Waals surface area contributed by atoms with E-state index < -0.39 is 0 Å². The number of benzene rings is 1. The van der Waals surface area contributed by atoms with Crippen molar-refractivity contribution in [1.29, 1.82) is 0 Å². The number of hydrogen-bond donors (Lipinski definition) is 2. The molecule has 0 spiro atoms. The Morgan fingerprint density at radius 3 is 2.76 bits per heavy atom. The number of anilines is 3. The number of carbonyl (C=O) groups is 1. The van der Waals surface area contributed by atoms with Crippen LogP contribution >= 0.6 is 11.3 Å².